The van der Waals surface area contributed by atoms with Gasteiger partial charge < -0.3 is 10.3 Å². The molecule has 0 radical (unpaired) electrons. The lowest BCUT2D eigenvalue weighted by Gasteiger charge is -2.12. The molecule has 4 rings (SSSR count). The SMILES string of the molecule is O=C1NCCc2[nH]c(-c3ccnc(-c4ccc(Cl)cc4C(F)(F)F)n3)cc21. The highest BCUT2D eigenvalue weighted by Crippen LogP contribution is 2.37. The van der Waals surface area contributed by atoms with E-state index in [0.717, 1.165) is 11.8 Å². The van der Waals surface area contributed by atoms with Crippen LogP contribution < -0.4 is 5.32 Å². The van der Waals surface area contributed by atoms with E-state index in [1.165, 1.54) is 18.3 Å². The first-order valence-electron chi connectivity index (χ1n) is 8.03. The largest absolute Gasteiger partial charge is 0.417 e. The number of aromatic nitrogens is 3. The number of rotatable bonds is 2. The molecule has 138 valence electrons. The van der Waals surface area contributed by atoms with Crippen molar-refractivity contribution in [3.63, 3.8) is 0 Å². The van der Waals surface area contributed by atoms with Crippen LogP contribution in [0.15, 0.2) is 36.5 Å². The maximum Gasteiger partial charge on any atom is 0.417 e. The van der Waals surface area contributed by atoms with Crippen molar-refractivity contribution in [3.05, 3.63) is 58.4 Å². The Bertz CT molecular complexity index is 1050. The van der Waals surface area contributed by atoms with E-state index in [-0.39, 0.29) is 22.3 Å². The first kappa shape index (κ1) is 17.5. The van der Waals surface area contributed by atoms with Crippen LogP contribution in [-0.2, 0) is 12.6 Å². The molecular weight excluding hydrogens is 381 g/mol. The van der Waals surface area contributed by atoms with Gasteiger partial charge in [-0.3, -0.25) is 4.79 Å². The Balaban J connectivity index is 1.80. The van der Waals surface area contributed by atoms with Crippen molar-refractivity contribution in [2.24, 2.45) is 0 Å². The van der Waals surface area contributed by atoms with Crippen LogP contribution in [0.2, 0.25) is 5.02 Å². The second-order valence-corrected chi connectivity index (χ2v) is 6.47. The van der Waals surface area contributed by atoms with E-state index in [9.17, 15) is 18.0 Å². The Hall–Kier alpha value is -2.87. The Morgan fingerprint density at radius 3 is 2.67 bits per heavy atom. The molecule has 27 heavy (non-hydrogen) atoms. The molecule has 0 saturated heterocycles. The smallest absolute Gasteiger partial charge is 0.356 e. The molecule has 2 aromatic heterocycles. The molecule has 5 nitrogen and oxygen atoms in total. The molecule has 3 heterocycles. The maximum atomic E-state index is 13.4. The number of fused-ring (bicyclic) bond motifs is 1. The van der Waals surface area contributed by atoms with Crippen LogP contribution in [0.1, 0.15) is 21.6 Å². The van der Waals surface area contributed by atoms with Crippen molar-refractivity contribution in [2.75, 3.05) is 6.54 Å². The summed E-state index contributed by atoms with van der Waals surface area (Å²) in [6.45, 7) is 0.528. The highest BCUT2D eigenvalue weighted by molar-refractivity contribution is 6.30. The standard InChI is InChI=1S/C18H12ClF3N4O/c19-9-1-2-10(12(7-9)18(20,21)22)16-23-5-4-14(26-16)15-8-11-13(25-15)3-6-24-17(11)27/h1-2,4-5,7-8,25H,3,6H2,(H,24,27). The summed E-state index contributed by atoms with van der Waals surface area (Å²) >= 11 is 5.73. The molecule has 0 bridgehead atoms. The van der Waals surface area contributed by atoms with E-state index < -0.39 is 11.7 Å². The summed E-state index contributed by atoms with van der Waals surface area (Å²) in [7, 11) is 0. The van der Waals surface area contributed by atoms with Gasteiger partial charge >= 0.3 is 6.18 Å². The molecule has 0 unspecified atom stereocenters. The molecule has 0 fully saturated rings. The zero-order chi connectivity index (χ0) is 19.2. The van der Waals surface area contributed by atoms with Crippen LogP contribution in [0.5, 0.6) is 0 Å². The molecule has 1 amide bonds. The van der Waals surface area contributed by atoms with Gasteiger partial charge in [0.05, 0.1) is 22.5 Å². The number of H-pyrrole nitrogens is 1. The van der Waals surface area contributed by atoms with Crippen molar-refractivity contribution in [1.82, 2.24) is 20.3 Å². The van der Waals surface area contributed by atoms with Crippen LogP contribution in [-0.4, -0.2) is 27.4 Å². The number of hydrogen-bond donors (Lipinski definition) is 2. The fourth-order valence-corrected chi connectivity index (χ4v) is 3.19. The second kappa shape index (κ2) is 6.38. The molecule has 0 saturated carbocycles. The average Bonchev–Trinajstić information content (AvgIpc) is 3.07. The Kier molecular flexibility index (Phi) is 4.15. The van der Waals surface area contributed by atoms with Gasteiger partial charge in [-0.05, 0) is 30.3 Å². The van der Waals surface area contributed by atoms with Gasteiger partial charge in [-0.15, -0.1) is 0 Å². The lowest BCUT2D eigenvalue weighted by atomic mass is 10.1. The van der Waals surface area contributed by atoms with Crippen molar-refractivity contribution in [2.45, 2.75) is 12.6 Å². The van der Waals surface area contributed by atoms with Crippen molar-refractivity contribution >= 4 is 17.5 Å². The van der Waals surface area contributed by atoms with Gasteiger partial charge in [-0.2, -0.15) is 13.2 Å². The van der Waals surface area contributed by atoms with Gasteiger partial charge in [0.15, 0.2) is 5.82 Å². The third kappa shape index (κ3) is 3.28. The van der Waals surface area contributed by atoms with Crippen molar-refractivity contribution in [1.29, 1.82) is 0 Å². The highest BCUT2D eigenvalue weighted by atomic mass is 35.5. The van der Waals surface area contributed by atoms with Gasteiger partial charge in [0, 0.05) is 35.4 Å². The minimum absolute atomic E-state index is 0.0229. The molecule has 0 aliphatic carbocycles. The highest BCUT2D eigenvalue weighted by Gasteiger charge is 2.34. The number of alkyl halides is 3. The lowest BCUT2D eigenvalue weighted by Crippen LogP contribution is -2.31. The molecule has 3 aromatic rings. The predicted octanol–water partition coefficient (Wildman–Crippen LogP) is 4.10. The Morgan fingerprint density at radius 2 is 1.93 bits per heavy atom. The van der Waals surface area contributed by atoms with Crippen LogP contribution in [0.25, 0.3) is 22.8 Å². The third-order valence-corrected chi connectivity index (χ3v) is 4.50. The van der Waals surface area contributed by atoms with E-state index >= 15 is 0 Å². The van der Waals surface area contributed by atoms with Gasteiger partial charge in [-0.1, -0.05) is 11.6 Å². The predicted molar refractivity (Wildman–Crippen MR) is 93.3 cm³/mol. The molecule has 0 atom stereocenters. The number of halogens is 4. The molecule has 1 aliphatic rings. The lowest BCUT2D eigenvalue weighted by molar-refractivity contribution is -0.137. The number of benzene rings is 1. The number of nitrogens with one attached hydrogen (secondary N) is 2. The van der Waals surface area contributed by atoms with Gasteiger partial charge in [0.2, 0.25) is 0 Å². The van der Waals surface area contributed by atoms with Crippen LogP contribution in [0, 0.1) is 0 Å². The van der Waals surface area contributed by atoms with Crippen LogP contribution in [0.3, 0.4) is 0 Å². The number of aromatic amines is 1. The minimum atomic E-state index is -4.59. The number of nitrogens with zero attached hydrogens (tertiary/aromatic N) is 2. The number of carbonyl (C=O) groups is 1. The average molecular weight is 393 g/mol. The normalized spacial score (nSPS) is 14.0. The summed E-state index contributed by atoms with van der Waals surface area (Å²) in [6, 6.07) is 6.67. The minimum Gasteiger partial charge on any atom is -0.356 e. The first-order valence-corrected chi connectivity index (χ1v) is 8.41. The van der Waals surface area contributed by atoms with Crippen molar-refractivity contribution < 1.29 is 18.0 Å². The van der Waals surface area contributed by atoms with E-state index in [1.54, 1.807) is 12.1 Å². The zero-order valence-electron chi connectivity index (χ0n) is 13.7. The first-order chi connectivity index (χ1) is 12.8. The summed E-state index contributed by atoms with van der Waals surface area (Å²) in [5, 5.41) is 2.72. The quantitative estimate of drug-likeness (QED) is 0.690. The molecular formula is C18H12ClF3N4O. The number of hydrogen-bond acceptors (Lipinski definition) is 3. The zero-order valence-corrected chi connectivity index (χ0v) is 14.4. The monoisotopic (exact) mass is 392 g/mol. The molecule has 1 aliphatic heterocycles. The summed E-state index contributed by atoms with van der Waals surface area (Å²) in [6.07, 6.45) is -2.57. The second-order valence-electron chi connectivity index (χ2n) is 6.03. The number of amides is 1. The summed E-state index contributed by atoms with van der Waals surface area (Å²) < 4.78 is 40.1. The molecule has 1 aromatic carbocycles. The fraction of sp³-hybridized carbons (Fsp3) is 0.167. The molecule has 2 N–H and O–H groups in total. The van der Waals surface area contributed by atoms with E-state index in [0.29, 0.717) is 29.9 Å². The van der Waals surface area contributed by atoms with Crippen molar-refractivity contribution in [3.8, 4) is 22.8 Å². The van der Waals surface area contributed by atoms with Crippen LogP contribution >= 0.6 is 11.6 Å². The van der Waals surface area contributed by atoms with Gasteiger partial charge in [0.1, 0.15) is 0 Å². The Morgan fingerprint density at radius 1 is 1.11 bits per heavy atom. The van der Waals surface area contributed by atoms with E-state index in [1.807, 2.05) is 0 Å². The molecule has 9 heteroatoms. The van der Waals surface area contributed by atoms with E-state index in [4.69, 9.17) is 11.6 Å². The number of carbonyl (C=O) groups excluding carboxylic acids is 1. The van der Waals surface area contributed by atoms with E-state index in [2.05, 4.69) is 20.3 Å². The Labute approximate surface area is 156 Å². The fourth-order valence-electron chi connectivity index (χ4n) is 3.02. The summed E-state index contributed by atoms with van der Waals surface area (Å²) in [4.78, 5) is 23.3. The van der Waals surface area contributed by atoms with Gasteiger partial charge in [-0.25, -0.2) is 9.97 Å². The van der Waals surface area contributed by atoms with Gasteiger partial charge in [0.25, 0.3) is 5.91 Å². The third-order valence-electron chi connectivity index (χ3n) is 4.26. The maximum absolute atomic E-state index is 13.4. The topological polar surface area (TPSA) is 70.7 Å². The summed E-state index contributed by atoms with van der Waals surface area (Å²) in [5.41, 5.74) is 1.16. The molecule has 0 spiro atoms. The summed E-state index contributed by atoms with van der Waals surface area (Å²) in [5.74, 6) is -0.265. The van der Waals surface area contributed by atoms with Crippen LogP contribution in [0.4, 0.5) is 13.2 Å².